The maximum Gasteiger partial charge on any atom is 0.257 e. The molecule has 0 spiro atoms. The highest BCUT2D eigenvalue weighted by molar-refractivity contribution is 5.95. The number of carbonyl (C=O) groups excluding carboxylic acids is 1. The fourth-order valence-corrected chi connectivity index (χ4v) is 2.81. The van der Waals surface area contributed by atoms with E-state index >= 15 is 0 Å². The molecule has 124 valence electrons. The lowest BCUT2D eigenvalue weighted by molar-refractivity contribution is -0.0267. The first-order chi connectivity index (χ1) is 11.1. The van der Waals surface area contributed by atoms with Gasteiger partial charge in [-0.15, -0.1) is 0 Å². The van der Waals surface area contributed by atoms with Crippen LogP contribution in [-0.4, -0.2) is 45.7 Å². The Balaban J connectivity index is 1.72. The molecule has 1 aliphatic rings. The quantitative estimate of drug-likeness (QED) is 0.934. The maximum absolute atomic E-state index is 12.7. The molecule has 7 heteroatoms. The molecular formula is C16H22N4O3. The maximum atomic E-state index is 12.7. The predicted molar refractivity (Wildman–Crippen MR) is 83.2 cm³/mol. The first-order valence-corrected chi connectivity index (χ1v) is 7.97. The third-order valence-electron chi connectivity index (χ3n) is 3.95. The molecule has 23 heavy (non-hydrogen) atoms. The minimum atomic E-state index is -0.289. The zero-order valence-electron chi connectivity index (χ0n) is 13.8. The number of aryl methyl sites for hydroxylation is 3. The lowest BCUT2D eigenvalue weighted by Gasteiger charge is -2.31. The molecule has 1 aliphatic heterocycles. The van der Waals surface area contributed by atoms with Crippen molar-refractivity contribution in [1.82, 2.24) is 20.1 Å². The molecule has 0 aliphatic carbocycles. The van der Waals surface area contributed by atoms with Crippen LogP contribution in [0.15, 0.2) is 10.5 Å². The number of morpholine rings is 1. The van der Waals surface area contributed by atoms with Gasteiger partial charge in [0.1, 0.15) is 23.4 Å². The molecule has 3 heterocycles. The minimum absolute atomic E-state index is 0.0306. The molecule has 1 N–H and O–H groups in total. The number of hydrogen-bond acceptors (Lipinski definition) is 5. The van der Waals surface area contributed by atoms with Crippen molar-refractivity contribution in [2.24, 2.45) is 0 Å². The topological polar surface area (TPSA) is 84.2 Å². The van der Waals surface area contributed by atoms with Crippen molar-refractivity contribution in [2.75, 3.05) is 19.7 Å². The smallest absolute Gasteiger partial charge is 0.257 e. The van der Waals surface area contributed by atoms with Gasteiger partial charge >= 0.3 is 0 Å². The Labute approximate surface area is 135 Å². The normalized spacial score (nSPS) is 18.4. The summed E-state index contributed by atoms with van der Waals surface area (Å²) >= 11 is 0. The van der Waals surface area contributed by atoms with Crippen molar-refractivity contribution in [1.29, 1.82) is 0 Å². The number of aromatic amines is 1. The van der Waals surface area contributed by atoms with Gasteiger partial charge in [0.15, 0.2) is 5.82 Å². The minimum Gasteiger partial charge on any atom is -0.466 e. The Hall–Kier alpha value is -2.15. The van der Waals surface area contributed by atoms with Crippen molar-refractivity contribution in [3.05, 3.63) is 34.8 Å². The van der Waals surface area contributed by atoms with Gasteiger partial charge in [0.2, 0.25) is 0 Å². The number of H-pyrrole nitrogens is 1. The number of ether oxygens (including phenoxy) is 1. The van der Waals surface area contributed by atoms with Gasteiger partial charge in [-0.3, -0.25) is 9.89 Å². The summed E-state index contributed by atoms with van der Waals surface area (Å²) in [6.45, 7) is 7.23. The van der Waals surface area contributed by atoms with Crippen molar-refractivity contribution >= 4 is 5.91 Å². The number of aromatic nitrogens is 3. The molecule has 1 fully saturated rings. The van der Waals surface area contributed by atoms with E-state index in [0.717, 1.165) is 24.4 Å². The summed E-state index contributed by atoms with van der Waals surface area (Å²) in [7, 11) is 0. The monoisotopic (exact) mass is 318 g/mol. The molecule has 3 rings (SSSR count). The van der Waals surface area contributed by atoms with E-state index in [-0.39, 0.29) is 12.0 Å². The van der Waals surface area contributed by atoms with Crippen LogP contribution < -0.4 is 0 Å². The first-order valence-electron chi connectivity index (χ1n) is 7.97. The zero-order chi connectivity index (χ0) is 16.4. The van der Waals surface area contributed by atoms with Crippen LogP contribution in [0.25, 0.3) is 0 Å². The molecule has 2 aromatic rings. The van der Waals surface area contributed by atoms with Crippen LogP contribution in [0, 0.1) is 13.8 Å². The van der Waals surface area contributed by atoms with Crippen LogP contribution in [0.5, 0.6) is 0 Å². The average Bonchev–Trinajstić information content (AvgIpc) is 3.13. The average molecular weight is 318 g/mol. The van der Waals surface area contributed by atoms with Crippen molar-refractivity contribution < 1.29 is 13.9 Å². The van der Waals surface area contributed by atoms with E-state index in [2.05, 4.69) is 22.1 Å². The summed E-state index contributed by atoms with van der Waals surface area (Å²) in [5.74, 6) is 2.84. The van der Waals surface area contributed by atoms with Crippen LogP contribution in [0.2, 0.25) is 0 Å². The van der Waals surface area contributed by atoms with Gasteiger partial charge in [0.25, 0.3) is 5.91 Å². The zero-order valence-corrected chi connectivity index (χ0v) is 13.8. The second-order valence-electron chi connectivity index (χ2n) is 5.83. The molecule has 0 aromatic carbocycles. The third-order valence-corrected chi connectivity index (χ3v) is 3.95. The number of amides is 1. The Bertz CT molecular complexity index is 691. The Morgan fingerprint density at radius 2 is 2.30 bits per heavy atom. The van der Waals surface area contributed by atoms with Crippen LogP contribution in [0.3, 0.4) is 0 Å². The van der Waals surface area contributed by atoms with Crippen molar-refractivity contribution in [3.63, 3.8) is 0 Å². The van der Waals surface area contributed by atoms with Crippen LogP contribution in [-0.2, 0) is 11.2 Å². The van der Waals surface area contributed by atoms with Crippen molar-refractivity contribution in [3.8, 4) is 0 Å². The van der Waals surface area contributed by atoms with E-state index in [1.54, 1.807) is 11.0 Å². The summed E-state index contributed by atoms with van der Waals surface area (Å²) in [4.78, 5) is 18.9. The van der Waals surface area contributed by atoms with Crippen LogP contribution >= 0.6 is 0 Å². The van der Waals surface area contributed by atoms with E-state index in [4.69, 9.17) is 9.15 Å². The highest BCUT2D eigenvalue weighted by atomic mass is 16.5. The van der Waals surface area contributed by atoms with Gasteiger partial charge in [0.05, 0.1) is 18.7 Å². The van der Waals surface area contributed by atoms with Gasteiger partial charge in [0, 0.05) is 13.0 Å². The Morgan fingerprint density at radius 1 is 1.48 bits per heavy atom. The fourth-order valence-electron chi connectivity index (χ4n) is 2.81. The molecule has 0 saturated carbocycles. The van der Waals surface area contributed by atoms with Crippen molar-refractivity contribution in [2.45, 2.75) is 39.7 Å². The van der Waals surface area contributed by atoms with Gasteiger partial charge in [-0.05, 0) is 26.3 Å². The summed E-state index contributed by atoms with van der Waals surface area (Å²) in [6, 6.07) is 1.79. The molecule has 1 unspecified atom stereocenters. The molecule has 1 atom stereocenters. The second-order valence-corrected chi connectivity index (χ2v) is 5.83. The standard InChI is InChI=1S/C16H22N4O3/c1-4-5-14-17-15(19-18-14)13-9-20(6-7-22-13)16(21)12-8-10(2)23-11(12)3/h8,13H,4-7,9H2,1-3H3,(H,17,18,19). The number of carbonyl (C=O) groups is 1. The van der Waals surface area contributed by atoms with E-state index in [9.17, 15) is 4.79 Å². The van der Waals surface area contributed by atoms with E-state index < -0.39 is 0 Å². The number of rotatable bonds is 4. The Kier molecular flexibility index (Phi) is 4.47. The third kappa shape index (κ3) is 3.29. The molecule has 7 nitrogen and oxygen atoms in total. The van der Waals surface area contributed by atoms with Crippen LogP contribution in [0.1, 0.15) is 53.0 Å². The van der Waals surface area contributed by atoms with Gasteiger partial charge in [-0.1, -0.05) is 6.92 Å². The summed E-state index contributed by atoms with van der Waals surface area (Å²) in [6.07, 6.45) is 1.57. The summed E-state index contributed by atoms with van der Waals surface area (Å²) < 4.78 is 11.2. The summed E-state index contributed by atoms with van der Waals surface area (Å²) in [5, 5.41) is 7.16. The van der Waals surface area contributed by atoms with E-state index in [0.29, 0.717) is 36.8 Å². The number of hydrogen-bond donors (Lipinski definition) is 1. The summed E-state index contributed by atoms with van der Waals surface area (Å²) in [5.41, 5.74) is 0.616. The number of furan rings is 1. The molecular weight excluding hydrogens is 296 g/mol. The van der Waals surface area contributed by atoms with Gasteiger partial charge in [-0.25, -0.2) is 4.98 Å². The number of nitrogens with one attached hydrogen (secondary N) is 1. The molecule has 2 aromatic heterocycles. The molecule has 1 saturated heterocycles. The van der Waals surface area contributed by atoms with Gasteiger partial charge < -0.3 is 14.1 Å². The second kappa shape index (κ2) is 6.54. The highest BCUT2D eigenvalue weighted by Crippen LogP contribution is 2.23. The number of nitrogens with zero attached hydrogens (tertiary/aromatic N) is 3. The first kappa shape index (κ1) is 15.7. The van der Waals surface area contributed by atoms with Crippen LogP contribution in [0.4, 0.5) is 0 Å². The van der Waals surface area contributed by atoms with E-state index in [1.807, 2.05) is 13.8 Å². The highest BCUT2D eigenvalue weighted by Gasteiger charge is 2.30. The SMILES string of the molecule is CCCc1nc(C2CN(C(=O)c3cc(C)oc3C)CCO2)n[nH]1. The van der Waals surface area contributed by atoms with Gasteiger partial charge in [-0.2, -0.15) is 5.10 Å². The largest absolute Gasteiger partial charge is 0.466 e. The Morgan fingerprint density at radius 3 is 3.00 bits per heavy atom. The lowest BCUT2D eigenvalue weighted by Crippen LogP contribution is -2.42. The molecule has 1 amide bonds. The molecule has 0 bridgehead atoms. The van der Waals surface area contributed by atoms with E-state index in [1.165, 1.54) is 0 Å². The molecule has 0 radical (unpaired) electrons. The lowest BCUT2D eigenvalue weighted by atomic mass is 10.2. The fraction of sp³-hybridized carbons (Fsp3) is 0.562. The predicted octanol–water partition coefficient (Wildman–Crippen LogP) is 2.18.